The van der Waals surface area contributed by atoms with Gasteiger partial charge in [-0.3, -0.25) is 4.79 Å². The van der Waals surface area contributed by atoms with Crippen molar-refractivity contribution in [2.45, 2.75) is 13.0 Å². The minimum atomic E-state index is -0.336. The van der Waals surface area contributed by atoms with Crippen LogP contribution in [-0.4, -0.2) is 24.2 Å². The Bertz CT molecular complexity index is 1770. The maximum atomic E-state index is 12.8. The summed E-state index contributed by atoms with van der Waals surface area (Å²) in [5.41, 5.74) is 8.25. The van der Waals surface area contributed by atoms with Gasteiger partial charge in [0.2, 0.25) is 0 Å². The van der Waals surface area contributed by atoms with Crippen LogP contribution in [0.15, 0.2) is 108 Å². The van der Waals surface area contributed by atoms with Crippen molar-refractivity contribution < 1.29 is 14.3 Å². The molecule has 4 aromatic carbocycles. The smallest absolute Gasteiger partial charge is 0.271 e. The number of ether oxygens (including phenoxy) is 2. The van der Waals surface area contributed by atoms with Crippen LogP contribution in [-0.2, 0) is 13.0 Å². The summed E-state index contributed by atoms with van der Waals surface area (Å²) in [5.74, 6) is 0.837. The number of carbonyl (C=O) groups excluding carboxylic acids is 1. The number of anilines is 2. The van der Waals surface area contributed by atoms with Crippen LogP contribution in [0.25, 0.3) is 11.3 Å². The van der Waals surface area contributed by atoms with Crippen molar-refractivity contribution in [2.75, 3.05) is 12.4 Å². The summed E-state index contributed by atoms with van der Waals surface area (Å²) in [6.07, 6.45) is 3.91. The standard InChI is InChI=1S/C34H28Cl2N4O3S/c1-3-4-26-17-23(18-31(42-2)32(26)43-20-22-5-11-27(35)12-6-22)19-37-40-33(41)25-9-7-24(8-10-25)30-21-44-34(39-30)38-29-15-13-28(36)14-16-29/h3,5-19,21H,1,4,20H2,2H3,(H,38,39)(H,40,41)/b37-19-. The molecule has 0 saturated carbocycles. The number of hydrogen-bond donors (Lipinski definition) is 2. The molecule has 0 radical (unpaired) electrons. The van der Waals surface area contributed by atoms with Crippen molar-refractivity contribution in [1.82, 2.24) is 10.4 Å². The highest BCUT2D eigenvalue weighted by molar-refractivity contribution is 7.14. The monoisotopic (exact) mass is 642 g/mol. The average molecular weight is 644 g/mol. The van der Waals surface area contributed by atoms with Crippen LogP contribution in [0.4, 0.5) is 10.8 Å². The Kier molecular flexibility index (Phi) is 10.3. The third-order valence-electron chi connectivity index (χ3n) is 6.46. The van der Waals surface area contributed by atoms with Crippen LogP contribution in [0.2, 0.25) is 10.0 Å². The topological polar surface area (TPSA) is 84.8 Å². The molecule has 1 amide bonds. The summed E-state index contributed by atoms with van der Waals surface area (Å²) >= 11 is 13.4. The van der Waals surface area contributed by atoms with E-state index in [1.807, 2.05) is 72.1 Å². The van der Waals surface area contributed by atoms with E-state index in [2.05, 4.69) is 27.4 Å². The minimum absolute atomic E-state index is 0.336. The highest BCUT2D eigenvalue weighted by atomic mass is 35.5. The van der Waals surface area contributed by atoms with E-state index in [1.54, 1.807) is 37.6 Å². The molecule has 0 spiro atoms. The van der Waals surface area contributed by atoms with Gasteiger partial charge >= 0.3 is 0 Å². The van der Waals surface area contributed by atoms with Crippen LogP contribution in [0, 0.1) is 0 Å². The molecular formula is C34H28Cl2N4O3S. The fourth-order valence-electron chi connectivity index (χ4n) is 4.26. The average Bonchev–Trinajstić information content (AvgIpc) is 3.51. The van der Waals surface area contributed by atoms with E-state index in [4.69, 9.17) is 32.7 Å². The summed E-state index contributed by atoms with van der Waals surface area (Å²) in [5, 5.41) is 11.5. The molecule has 1 heterocycles. The number of allylic oxidation sites excluding steroid dienone is 1. The highest BCUT2D eigenvalue weighted by Gasteiger charge is 2.13. The van der Waals surface area contributed by atoms with Gasteiger partial charge in [-0.1, -0.05) is 53.5 Å². The van der Waals surface area contributed by atoms with E-state index in [1.165, 1.54) is 11.3 Å². The summed E-state index contributed by atoms with van der Waals surface area (Å²) in [6.45, 7) is 4.21. The van der Waals surface area contributed by atoms with Gasteiger partial charge in [0.15, 0.2) is 16.6 Å². The lowest BCUT2D eigenvalue weighted by atomic mass is 10.1. The molecule has 0 atom stereocenters. The minimum Gasteiger partial charge on any atom is -0.493 e. The van der Waals surface area contributed by atoms with E-state index in [9.17, 15) is 4.79 Å². The molecule has 1 aromatic heterocycles. The van der Waals surface area contributed by atoms with E-state index in [0.717, 1.165) is 38.8 Å². The molecule has 7 nitrogen and oxygen atoms in total. The second kappa shape index (κ2) is 14.7. The van der Waals surface area contributed by atoms with Gasteiger partial charge in [0.1, 0.15) is 6.61 Å². The van der Waals surface area contributed by atoms with E-state index in [-0.39, 0.29) is 5.91 Å². The zero-order valence-electron chi connectivity index (χ0n) is 23.7. The van der Waals surface area contributed by atoms with Gasteiger partial charge in [-0.25, -0.2) is 10.4 Å². The van der Waals surface area contributed by atoms with Gasteiger partial charge in [0.25, 0.3) is 5.91 Å². The van der Waals surface area contributed by atoms with E-state index < -0.39 is 0 Å². The quantitative estimate of drug-likeness (QED) is 0.0806. The normalized spacial score (nSPS) is 10.9. The molecule has 5 aromatic rings. The number of carbonyl (C=O) groups is 1. The number of thiazole rings is 1. The van der Waals surface area contributed by atoms with Crippen molar-refractivity contribution in [1.29, 1.82) is 0 Å². The first-order chi connectivity index (χ1) is 21.4. The number of aromatic nitrogens is 1. The summed E-state index contributed by atoms with van der Waals surface area (Å²) < 4.78 is 11.7. The predicted molar refractivity (Wildman–Crippen MR) is 180 cm³/mol. The molecular weight excluding hydrogens is 615 g/mol. The van der Waals surface area contributed by atoms with Crippen LogP contribution in [0.5, 0.6) is 11.5 Å². The lowest BCUT2D eigenvalue weighted by Gasteiger charge is -2.16. The first-order valence-corrected chi connectivity index (χ1v) is 15.2. The van der Waals surface area contributed by atoms with E-state index in [0.29, 0.717) is 40.1 Å². The van der Waals surface area contributed by atoms with Gasteiger partial charge in [-0.2, -0.15) is 5.10 Å². The largest absolute Gasteiger partial charge is 0.493 e. The van der Waals surface area contributed by atoms with Gasteiger partial charge in [0.05, 0.1) is 19.0 Å². The number of benzene rings is 4. The second-order valence-electron chi connectivity index (χ2n) is 9.57. The Hall–Kier alpha value is -4.63. The number of nitrogens with zero attached hydrogens (tertiary/aromatic N) is 2. The zero-order chi connectivity index (χ0) is 30.9. The molecule has 5 rings (SSSR count). The Morgan fingerprint density at radius 2 is 1.70 bits per heavy atom. The molecule has 2 N–H and O–H groups in total. The number of halogens is 2. The fourth-order valence-corrected chi connectivity index (χ4v) is 5.25. The first-order valence-electron chi connectivity index (χ1n) is 13.5. The third kappa shape index (κ3) is 8.05. The molecule has 0 aliphatic rings. The molecule has 10 heteroatoms. The summed E-state index contributed by atoms with van der Waals surface area (Å²) in [6, 6.07) is 25.8. The van der Waals surface area contributed by atoms with Crippen molar-refractivity contribution in [2.24, 2.45) is 5.10 Å². The number of nitrogens with one attached hydrogen (secondary N) is 2. The van der Waals surface area contributed by atoms with Crippen molar-refractivity contribution in [3.05, 3.63) is 135 Å². The summed E-state index contributed by atoms with van der Waals surface area (Å²) in [4.78, 5) is 17.4. The summed E-state index contributed by atoms with van der Waals surface area (Å²) in [7, 11) is 1.58. The molecule has 0 bridgehead atoms. The predicted octanol–water partition coefficient (Wildman–Crippen LogP) is 8.94. The molecule has 0 saturated heterocycles. The number of rotatable bonds is 12. The van der Waals surface area contributed by atoms with E-state index >= 15 is 0 Å². The second-order valence-corrected chi connectivity index (χ2v) is 11.3. The highest BCUT2D eigenvalue weighted by Crippen LogP contribution is 2.34. The Morgan fingerprint density at radius 1 is 1.00 bits per heavy atom. The third-order valence-corrected chi connectivity index (χ3v) is 7.72. The first kappa shape index (κ1) is 30.8. The lowest BCUT2D eigenvalue weighted by molar-refractivity contribution is 0.0955. The van der Waals surface area contributed by atoms with Gasteiger partial charge in [-0.05, 0) is 78.2 Å². The number of hydrogen-bond acceptors (Lipinski definition) is 7. The SMILES string of the molecule is C=CCc1cc(/C=N\NC(=O)c2ccc(-c3csc(Nc4ccc(Cl)cc4)n3)cc2)cc(OC)c1OCc1ccc(Cl)cc1. The Labute approximate surface area is 269 Å². The van der Waals surface area contributed by atoms with Crippen molar-refractivity contribution in [3.63, 3.8) is 0 Å². The molecule has 44 heavy (non-hydrogen) atoms. The molecule has 0 aliphatic heterocycles. The van der Waals surface area contributed by atoms with Crippen LogP contribution in [0.1, 0.15) is 27.0 Å². The van der Waals surface area contributed by atoms with Crippen LogP contribution < -0.4 is 20.2 Å². The maximum Gasteiger partial charge on any atom is 0.271 e. The number of hydrazone groups is 1. The van der Waals surface area contributed by atoms with Crippen molar-refractivity contribution >= 4 is 57.5 Å². The lowest BCUT2D eigenvalue weighted by Crippen LogP contribution is -2.17. The van der Waals surface area contributed by atoms with Gasteiger partial charge in [-0.15, -0.1) is 17.9 Å². The van der Waals surface area contributed by atoms with Gasteiger partial charge < -0.3 is 14.8 Å². The Balaban J connectivity index is 1.22. The number of amides is 1. The van der Waals surface area contributed by atoms with Crippen molar-refractivity contribution in [3.8, 4) is 22.8 Å². The fraction of sp³-hybridized carbons (Fsp3) is 0.0882. The molecule has 0 aliphatic carbocycles. The van der Waals surface area contributed by atoms with Crippen LogP contribution >= 0.6 is 34.5 Å². The van der Waals surface area contributed by atoms with Crippen LogP contribution in [0.3, 0.4) is 0 Å². The molecule has 222 valence electrons. The molecule has 0 fully saturated rings. The maximum absolute atomic E-state index is 12.8. The number of methoxy groups -OCH3 is 1. The Morgan fingerprint density at radius 3 is 2.39 bits per heavy atom. The van der Waals surface area contributed by atoms with Gasteiger partial charge in [0, 0.05) is 37.8 Å². The molecule has 0 unspecified atom stereocenters. The zero-order valence-corrected chi connectivity index (χ0v) is 26.0.